The SMILES string of the molecule is N/C(=N\NC(O)=C1C=CC=C1)c1ccc([N+](=O)[O-])o1. The minimum absolute atomic E-state index is 0.0366. The zero-order valence-corrected chi connectivity index (χ0v) is 9.61. The van der Waals surface area contributed by atoms with Crippen molar-refractivity contribution < 1.29 is 14.4 Å². The summed E-state index contributed by atoms with van der Waals surface area (Å²) in [7, 11) is 0. The van der Waals surface area contributed by atoms with E-state index in [9.17, 15) is 15.2 Å². The molecule has 0 atom stereocenters. The number of allylic oxidation sites excluding steroid dienone is 5. The van der Waals surface area contributed by atoms with Crippen LogP contribution in [0.3, 0.4) is 0 Å². The Balaban J connectivity index is 2.10. The summed E-state index contributed by atoms with van der Waals surface area (Å²) in [6, 6.07) is 2.48. The van der Waals surface area contributed by atoms with E-state index in [2.05, 4.69) is 10.5 Å². The fourth-order valence-electron chi connectivity index (χ4n) is 1.33. The predicted octanol–water partition coefficient (Wildman–Crippen LogP) is 1.29. The van der Waals surface area contributed by atoms with Crippen molar-refractivity contribution in [3.05, 3.63) is 63.8 Å². The van der Waals surface area contributed by atoms with Gasteiger partial charge < -0.3 is 15.3 Å². The number of nitrogens with two attached hydrogens (primary N) is 1. The van der Waals surface area contributed by atoms with Crippen LogP contribution in [0.5, 0.6) is 0 Å². The fourth-order valence-corrected chi connectivity index (χ4v) is 1.33. The summed E-state index contributed by atoms with van der Waals surface area (Å²) in [4.78, 5) is 9.75. The summed E-state index contributed by atoms with van der Waals surface area (Å²) < 4.78 is 4.84. The van der Waals surface area contributed by atoms with E-state index in [4.69, 9.17) is 10.2 Å². The van der Waals surface area contributed by atoms with Gasteiger partial charge in [0.05, 0.1) is 6.07 Å². The zero-order chi connectivity index (χ0) is 13.8. The van der Waals surface area contributed by atoms with Gasteiger partial charge in [0.25, 0.3) is 0 Å². The highest BCUT2D eigenvalue weighted by Gasteiger charge is 2.14. The van der Waals surface area contributed by atoms with Crippen molar-refractivity contribution in [1.82, 2.24) is 5.43 Å². The summed E-state index contributed by atoms with van der Waals surface area (Å²) in [6.45, 7) is 0. The standard InChI is InChI=1S/C11H10N4O4/c12-10(8-5-6-9(19-8)15(17)18)13-14-11(16)7-3-1-2-4-7/h1-6,14,16H,(H2,12,13). The maximum Gasteiger partial charge on any atom is 0.433 e. The van der Waals surface area contributed by atoms with Crippen LogP contribution >= 0.6 is 0 Å². The molecule has 0 saturated carbocycles. The van der Waals surface area contributed by atoms with E-state index in [1.165, 1.54) is 12.1 Å². The highest BCUT2D eigenvalue weighted by Crippen LogP contribution is 2.15. The number of aliphatic hydroxyl groups excluding tert-OH is 1. The van der Waals surface area contributed by atoms with Crippen molar-refractivity contribution in [2.24, 2.45) is 10.8 Å². The Hall–Kier alpha value is -3.03. The van der Waals surface area contributed by atoms with Crippen LogP contribution in [0.1, 0.15) is 5.76 Å². The number of nitrogens with zero attached hydrogens (tertiary/aromatic N) is 2. The number of nitrogens with one attached hydrogen (secondary N) is 1. The monoisotopic (exact) mass is 262 g/mol. The molecule has 8 heteroatoms. The third-order valence-corrected chi connectivity index (χ3v) is 2.24. The zero-order valence-electron chi connectivity index (χ0n) is 9.61. The molecule has 19 heavy (non-hydrogen) atoms. The van der Waals surface area contributed by atoms with Crippen molar-refractivity contribution in [2.45, 2.75) is 0 Å². The van der Waals surface area contributed by atoms with Gasteiger partial charge >= 0.3 is 5.88 Å². The van der Waals surface area contributed by atoms with Gasteiger partial charge in [0, 0.05) is 5.57 Å². The van der Waals surface area contributed by atoms with Crippen molar-refractivity contribution in [1.29, 1.82) is 0 Å². The van der Waals surface area contributed by atoms with E-state index >= 15 is 0 Å². The Morgan fingerprint density at radius 3 is 2.68 bits per heavy atom. The van der Waals surface area contributed by atoms with Crippen LogP contribution in [-0.2, 0) is 0 Å². The molecule has 0 unspecified atom stereocenters. The molecular formula is C11H10N4O4. The molecule has 0 aromatic carbocycles. The number of amidine groups is 1. The van der Waals surface area contributed by atoms with Crippen molar-refractivity contribution in [2.75, 3.05) is 0 Å². The number of aliphatic hydroxyl groups is 1. The number of furan rings is 1. The van der Waals surface area contributed by atoms with Crippen LogP contribution in [-0.4, -0.2) is 15.9 Å². The quantitative estimate of drug-likeness (QED) is 0.247. The van der Waals surface area contributed by atoms with Crippen molar-refractivity contribution >= 4 is 11.7 Å². The molecule has 0 saturated heterocycles. The minimum atomic E-state index is -0.683. The van der Waals surface area contributed by atoms with Crippen molar-refractivity contribution in [3.63, 3.8) is 0 Å². The second-order valence-electron chi connectivity index (χ2n) is 3.53. The van der Waals surface area contributed by atoms with Gasteiger partial charge in [-0.2, -0.15) is 5.10 Å². The third kappa shape index (κ3) is 2.80. The summed E-state index contributed by atoms with van der Waals surface area (Å²) in [5.41, 5.74) is 8.43. The maximum absolute atomic E-state index is 10.4. The van der Waals surface area contributed by atoms with Crippen LogP contribution in [0.4, 0.5) is 5.88 Å². The topological polar surface area (TPSA) is 127 Å². The fraction of sp³-hybridized carbons (Fsp3) is 0. The lowest BCUT2D eigenvalue weighted by atomic mass is 10.3. The first-order valence-electron chi connectivity index (χ1n) is 5.19. The van der Waals surface area contributed by atoms with Gasteiger partial charge in [0.15, 0.2) is 11.6 Å². The Morgan fingerprint density at radius 2 is 2.11 bits per heavy atom. The molecule has 1 aliphatic rings. The van der Waals surface area contributed by atoms with Crippen LogP contribution in [0, 0.1) is 10.1 Å². The molecule has 98 valence electrons. The Labute approximate surface area is 107 Å². The molecular weight excluding hydrogens is 252 g/mol. The maximum atomic E-state index is 10.4. The molecule has 0 radical (unpaired) electrons. The molecule has 0 fully saturated rings. The highest BCUT2D eigenvalue weighted by atomic mass is 16.6. The van der Waals surface area contributed by atoms with E-state index in [-0.39, 0.29) is 17.5 Å². The molecule has 1 aromatic heterocycles. The molecule has 0 bridgehead atoms. The van der Waals surface area contributed by atoms with Crippen LogP contribution < -0.4 is 11.2 Å². The molecule has 8 nitrogen and oxygen atoms in total. The van der Waals surface area contributed by atoms with Gasteiger partial charge in [-0.1, -0.05) is 12.2 Å². The Bertz CT molecular complexity index is 610. The summed E-state index contributed by atoms with van der Waals surface area (Å²) >= 11 is 0. The second kappa shape index (κ2) is 5.08. The lowest BCUT2D eigenvalue weighted by Crippen LogP contribution is -2.18. The van der Waals surface area contributed by atoms with Crippen LogP contribution in [0.2, 0.25) is 0 Å². The first kappa shape index (κ1) is 12.4. The number of hydrazone groups is 1. The van der Waals surface area contributed by atoms with Gasteiger partial charge in [-0.25, -0.2) is 5.43 Å². The van der Waals surface area contributed by atoms with Gasteiger partial charge in [-0.15, -0.1) is 0 Å². The van der Waals surface area contributed by atoms with E-state index in [1.807, 2.05) is 0 Å². The lowest BCUT2D eigenvalue weighted by molar-refractivity contribution is -0.402. The minimum Gasteiger partial charge on any atom is -0.493 e. The summed E-state index contributed by atoms with van der Waals surface area (Å²) in [6.07, 6.45) is 6.84. The summed E-state index contributed by atoms with van der Waals surface area (Å²) in [5.74, 6) is -0.702. The molecule has 0 spiro atoms. The smallest absolute Gasteiger partial charge is 0.433 e. The normalized spacial score (nSPS) is 13.9. The van der Waals surface area contributed by atoms with Gasteiger partial charge in [-0.3, -0.25) is 10.1 Å². The molecule has 2 rings (SSSR count). The van der Waals surface area contributed by atoms with E-state index < -0.39 is 10.8 Å². The van der Waals surface area contributed by atoms with E-state index in [0.29, 0.717) is 5.57 Å². The van der Waals surface area contributed by atoms with Gasteiger partial charge in [0.1, 0.15) is 4.92 Å². The average molecular weight is 262 g/mol. The second-order valence-corrected chi connectivity index (χ2v) is 3.53. The predicted molar refractivity (Wildman–Crippen MR) is 67.2 cm³/mol. The first-order chi connectivity index (χ1) is 9.08. The number of rotatable bonds is 4. The molecule has 0 aliphatic heterocycles. The number of hydrogen-bond acceptors (Lipinski definition) is 6. The Morgan fingerprint density at radius 1 is 1.42 bits per heavy atom. The van der Waals surface area contributed by atoms with E-state index in [0.717, 1.165) is 0 Å². The molecule has 1 aliphatic carbocycles. The third-order valence-electron chi connectivity index (χ3n) is 2.24. The molecule has 4 N–H and O–H groups in total. The Kier molecular flexibility index (Phi) is 3.33. The van der Waals surface area contributed by atoms with Crippen LogP contribution in [0.15, 0.2) is 57.4 Å². The summed E-state index contributed by atoms with van der Waals surface area (Å²) in [5, 5.41) is 23.7. The first-order valence-corrected chi connectivity index (χ1v) is 5.19. The van der Waals surface area contributed by atoms with Crippen molar-refractivity contribution in [3.8, 4) is 0 Å². The lowest BCUT2D eigenvalue weighted by Gasteiger charge is -2.01. The molecule has 1 heterocycles. The van der Waals surface area contributed by atoms with E-state index in [1.54, 1.807) is 24.3 Å². The van der Waals surface area contributed by atoms with Crippen LogP contribution in [0.25, 0.3) is 0 Å². The highest BCUT2D eigenvalue weighted by molar-refractivity contribution is 5.94. The number of hydrogen-bond donors (Lipinski definition) is 3. The molecule has 1 aromatic rings. The average Bonchev–Trinajstić information content (AvgIpc) is 3.05. The number of nitro groups is 1. The van der Waals surface area contributed by atoms with Gasteiger partial charge in [0.2, 0.25) is 5.88 Å². The van der Waals surface area contributed by atoms with Gasteiger partial charge in [-0.05, 0) is 18.2 Å². The largest absolute Gasteiger partial charge is 0.493 e. The molecule has 0 amide bonds.